The van der Waals surface area contributed by atoms with Gasteiger partial charge in [-0.15, -0.1) is 0 Å². The monoisotopic (exact) mass is 394 g/mol. The van der Waals surface area contributed by atoms with E-state index in [4.69, 9.17) is 9.47 Å². The Labute approximate surface area is 175 Å². The van der Waals surface area contributed by atoms with Crippen LogP contribution in [0.1, 0.15) is 129 Å². The molecule has 0 aliphatic heterocycles. The van der Waals surface area contributed by atoms with Gasteiger partial charge in [-0.25, -0.2) is 4.79 Å². The Morgan fingerprint density at radius 3 is 1.21 bits per heavy atom. The Morgan fingerprint density at radius 1 is 0.536 bits per heavy atom. The molecule has 0 aromatic carbocycles. The second kappa shape index (κ2) is 23.8. The lowest BCUT2D eigenvalue weighted by atomic mass is 10.1. The molecule has 0 aliphatic rings. The van der Waals surface area contributed by atoms with Crippen LogP contribution in [0.2, 0.25) is 0 Å². The Balaban J connectivity index is 3.33. The molecule has 3 nitrogen and oxygen atoms in total. The maximum absolute atomic E-state index is 11.4. The average molecular weight is 395 g/mol. The fourth-order valence-corrected chi connectivity index (χ4v) is 3.16. The largest absolute Gasteiger partial charge is 0.518 e. The molecular formula is C25H46O3. The molecule has 0 fully saturated rings. The average Bonchev–Trinajstić information content (AvgIpc) is 2.70. The highest BCUT2D eigenvalue weighted by Gasteiger charge is 1.97. The number of carbonyl (C=O) groups is 1. The molecular weight excluding hydrogens is 348 g/mol. The summed E-state index contributed by atoms with van der Waals surface area (Å²) < 4.78 is 9.83. The number of hydrogen-bond donors (Lipinski definition) is 0. The minimum absolute atomic E-state index is 0.653. The van der Waals surface area contributed by atoms with Crippen LogP contribution in [0, 0.1) is 0 Å². The summed E-state index contributed by atoms with van der Waals surface area (Å²) in [5, 5.41) is 0. The van der Waals surface area contributed by atoms with E-state index >= 15 is 0 Å². The third-order valence-electron chi connectivity index (χ3n) is 4.97. The van der Waals surface area contributed by atoms with E-state index in [9.17, 15) is 4.79 Å². The predicted molar refractivity (Wildman–Crippen MR) is 120 cm³/mol. The van der Waals surface area contributed by atoms with Crippen LogP contribution in [0.4, 0.5) is 4.79 Å². The van der Waals surface area contributed by atoms with Gasteiger partial charge >= 0.3 is 6.16 Å². The van der Waals surface area contributed by atoms with Crippen LogP contribution < -0.4 is 0 Å². The molecule has 0 saturated heterocycles. The third kappa shape index (κ3) is 22.8. The number of allylic oxidation sites excluding steroid dienone is 2. The number of carbonyl (C=O) groups excluding carboxylic acids is 1. The zero-order valence-electron chi connectivity index (χ0n) is 18.8. The minimum atomic E-state index is -0.653. The van der Waals surface area contributed by atoms with Gasteiger partial charge in [-0.05, 0) is 37.8 Å². The maximum Gasteiger partial charge on any atom is 0.518 e. The van der Waals surface area contributed by atoms with Crippen LogP contribution in [0.5, 0.6) is 0 Å². The lowest BCUT2D eigenvalue weighted by molar-refractivity contribution is 0.119. The summed E-state index contributed by atoms with van der Waals surface area (Å²) in [4.78, 5) is 11.4. The second-order valence-electron chi connectivity index (χ2n) is 7.76. The summed E-state index contributed by atoms with van der Waals surface area (Å²) in [6, 6.07) is 0. The molecule has 0 rings (SSSR count). The maximum atomic E-state index is 11.4. The summed E-state index contributed by atoms with van der Waals surface area (Å²) in [7, 11) is 0. The van der Waals surface area contributed by atoms with E-state index in [1.54, 1.807) is 0 Å². The first-order chi connectivity index (χ1) is 13.8. The summed E-state index contributed by atoms with van der Waals surface area (Å²) >= 11 is 0. The van der Waals surface area contributed by atoms with Gasteiger partial charge < -0.3 is 9.47 Å². The molecule has 0 N–H and O–H groups in total. The Morgan fingerprint density at radius 2 is 0.857 bits per heavy atom. The molecule has 0 amide bonds. The third-order valence-corrected chi connectivity index (χ3v) is 4.97. The molecule has 0 spiro atoms. The zero-order chi connectivity index (χ0) is 20.5. The highest BCUT2D eigenvalue weighted by molar-refractivity contribution is 5.61. The van der Waals surface area contributed by atoms with Crippen molar-refractivity contribution in [3.63, 3.8) is 0 Å². The first-order valence-electron chi connectivity index (χ1n) is 12.0. The van der Waals surface area contributed by atoms with E-state index in [0.717, 1.165) is 25.7 Å². The van der Waals surface area contributed by atoms with Crippen molar-refractivity contribution in [1.82, 2.24) is 0 Å². The van der Waals surface area contributed by atoms with Gasteiger partial charge in [0.25, 0.3) is 0 Å². The van der Waals surface area contributed by atoms with Crippen molar-refractivity contribution in [3.05, 3.63) is 24.7 Å². The first-order valence-corrected chi connectivity index (χ1v) is 12.0. The van der Waals surface area contributed by atoms with Crippen molar-refractivity contribution in [3.8, 4) is 0 Å². The molecule has 28 heavy (non-hydrogen) atoms. The molecule has 0 saturated carbocycles. The highest BCUT2D eigenvalue weighted by atomic mass is 16.7. The summed E-state index contributed by atoms with van der Waals surface area (Å²) in [6.45, 7) is 4.50. The second-order valence-corrected chi connectivity index (χ2v) is 7.76. The van der Waals surface area contributed by atoms with Gasteiger partial charge in [0.2, 0.25) is 0 Å². The quantitative estimate of drug-likeness (QED) is 0.117. The Bertz CT molecular complexity index is 340. The number of hydrogen-bond acceptors (Lipinski definition) is 3. The van der Waals surface area contributed by atoms with Gasteiger partial charge in [0.05, 0.1) is 12.5 Å². The van der Waals surface area contributed by atoms with Gasteiger partial charge in [0, 0.05) is 0 Å². The van der Waals surface area contributed by atoms with Crippen LogP contribution in [-0.4, -0.2) is 6.16 Å². The van der Waals surface area contributed by atoms with Crippen molar-refractivity contribution in [2.24, 2.45) is 0 Å². The first kappa shape index (κ1) is 26.8. The van der Waals surface area contributed by atoms with Crippen LogP contribution in [0.3, 0.4) is 0 Å². The summed E-state index contributed by atoms with van der Waals surface area (Å²) in [6.07, 6.45) is 28.9. The standard InChI is InChI=1S/C25H46O3/c1-3-5-7-9-11-13-15-17-19-21-23-27-25(26)28-24-22-20-18-16-14-12-10-8-6-4-2/h21-24H,3-20H2,1-2H3. The van der Waals surface area contributed by atoms with Crippen molar-refractivity contribution >= 4 is 6.16 Å². The Hall–Kier alpha value is -1.25. The highest BCUT2D eigenvalue weighted by Crippen LogP contribution is 2.10. The van der Waals surface area contributed by atoms with Gasteiger partial charge in [0.1, 0.15) is 0 Å². The molecule has 0 unspecified atom stereocenters. The van der Waals surface area contributed by atoms with Crippen molar-refractivity contribution < 1.29 is 14.3 Å². The smallest absolute Gasteiger partial charge is 0.403 e. The van der Waals surface area contributed by atoms with Crippen molar-refractivity contribution in [2.45, 2.75) is 129 Å². The van der Waals surface area contributed by atoms with Crippen LogP contribution in [-0.2, 0) is 9.47 Å². The van der Waals surface area contributed by atoms with Gasteiger partial charge in [0.15, 0.2) is 0 Å². The van der Waals surface area contributed by atoms with E-state index in [-0.39, 0.29) is 0 Å². The van der Waals surface area contributed by atoms with Gasteiger partial charge in [-0.3, -0.25) is 0 Å². The van der Waals surface area contributed by atoms with E-state index in [1.165, 1.54) is 102 Å². The zero-order valence-corrected chi connectivity index (χ0v) is 18.8. The molecule has 0 atom stereocenters. The van der Waals surface area contributed by atoms with Gasteiger partial charge in [-0.1, -0.05) is 104 Å². The molecule has 0 aromatic rings. The van der Waals surface area contributed by atoms with E-state index in [2.05, 4.69) is 13.8 Å². The lowest BCUT2D eigenvalue weighted by Gasteiger charge is -2.00. The van der Waals surface area contributed by atoms with Crippen molar-refractivity contribution in [1.29, 1.82) is 0 Å². The SMILES string of the molecule is CCCCCCCCCCC=COC(=O)OC=CCCCCCCCCCC. The normalized spacial score (nSPS) is 11.5. The molecule has 0 radical (unpaired) electrons. The van der Waals surface area contributed by atoms with E-state index in [0.29, 0.717) is 0 Å². The topological polar surface area (TPSA) is 35.5 Å². The number of rotatable bonds is 20. The molecule has 0 aliphatic carbocycles. The number of unbranched alkanes of at least 4 members (excludes halogenated alkanes) is 16. The van der Waals surface area contributed by atoms with Crippen LogP contribution in [0.15, 0.2) is 24.7 Å². The summed E-state index contributed by atoms with van der Waals surface area (Å²) in [5.74, 6) is 0. The predicted octanol–water partition coefficient (Wildman–Crippen LogP) is 9.23. The fraction of sp³-hybridized carbons (Fsp3) is 0.800. The Kier molecular flexibility index (Phi) is 22.7. The van der Waals surface area contributed by atoms with E-state index in [1.807, 2.05) is 12.2 Å². The fourth-order valence-electron chi connectivity index (χ4n) is 3.16. The molecule has 3 heteroatoms. The molecule has 0 heterocycles. The van der Waals surface area contributed by atoms with Gasteiger partial charge in [-0.2, -0.15) is 0 Å². The minimum Gasteiger partial charge on any atom is -0.403 e. The molecule has 0 aromatic heterocycles. The lowest BCUT2D eigenvalue weighted by Crippen LogP contribution is -1.97. The van der Waals surface area contributed by atoms with E-state index < -0.39 is 6.16 Å². The summed E-state index contributed by atoms with van der Waals surface area (Å²) in [5.41, 5.74) is 0. The molecule has 164 valence electrons. The van der Waals surface area contributed by atoms with Crippen LogP contribution in [0.25, 0.3) is 0 Å². The van der Waals surface area contributed by atoms with Crippen LogP contribution >= 0.6 is 0 Å². The molecule has 0 bridgehead atoms. The number of ether oxygens (including phenoxy) is 2. The van der Waals surface area contributed by atoms with Crippen molar-refractivity contribution in [2.75, 3.05) is 0 Å².